The normalized spacial score (nSPS) is 16.1. The van der Waals surface area contributed by atoms with Crippen LogP contribution in [-0.2, 0) is 4.79 Å². The maximum atomic E-state index is 12.7. The number of hydrogen-bond donors (Lipinski definition) is 0. The van der Waals surface area contributed by atoms with E-state index in [1.54, 1.807) is 36.4 Å². The lowest BCUT2D eigenvalue weighted by atomic mass is 10.1. The van der Waals surface area contributed by atoms with E-state index >= 15 is 0 Å². The molecule has 2 aromatic carbocycles. The molecule has 0 radical (unpaired) electrons. The van der Waals surface area contributed by atoms with E-state index < -0.39 is 0 Å². The molecule has 0 N–H and O–H groups in total. The number of nitrogens with zero attached hydrogens (tertiary/aromatic N) is 1. The zero-order valence-electron chi connectivity index (χ0n) is 13.3. The molecular formula is C19H15NO3S. The molecule has 4 nitrogen and oxygen atoms in total. The molecule has 1 aliphatic heterocycles. The number of benzene rings is 2. The second kappa shape index (κ2) is 6.45. The molecule has 0 atom stereocenters. The van der Waals surface area contributed by atoms with Crippen molar-refractivity contribution in [1.29, 1.82) is 0 Å². The Labute approximate surface area is 144 Å². The molecule has 24 heavy (non-hydrogen) atoms. The van der Waals surface area contributed by atoms with E-state index in [1.807, 2.05) is 26.0 Å². The largest absolute Gasteiger partial charge is 0.298 e. The van der Waals surface area contributed by atoms with E-state index in [-0.39, 0.29) is 11.1 Å². The van der Waals surface area contributed by atoms with Gasteiger partial charge in [-0.3, -0.25) is 14.4 Å². The number of amides is 2. The summed E-state index contributed by atoms with van der Waals surface area (Å²) in [5, 5.41) is -0.301. The Morgan fingerprint density at radius 2 is 1.62 bits per heavy atom. The Hall–Kier alpha value is -2.66. The van der Waals surface area contributed by atoms with Gasteiger partial charge in [0, 0.05) is 5.56 Å². The highest BCUT2D eigenvalue weighted by Gasteiger charge is 2.37. The van der Waals surface area contributed by atoms with E-state index in [4.69, 9.17) is 0 Å². The zero-order valence-corrected chi connectivity index (χ0v) is 14.1. The minimum absolute atomic E-state index is 0.301. The lowest BCUT2D eigenvalue weighted by Crippen LogP contribution is -2.28. The Morgan fingerprint density at radius 3 is 2.29 bits per heavy atom. The second-order valence-corrected chi connectivity index (χ2v) is 6.51. The van der Waals surface area contributed by atoms with Gasteiger partial charge >= 0.3 is 0 Å². The number of aryl methyl sites for hydroxylation is 1. The molecule has 0 bridgehead atoms. The summed E-state index contributed by atoms with van der Waals surface area (Å²) in [4.78, 5) is 37.3. The zero-order chi connectivity index (χ0) is 17.3. The van der Waals surface area contributed by atoms with Gasteiger partial charge in [-0.25, -0.2) is 4.90 Å². The van der Waals surface area contributed by atoms with Crippen molar-refractivity contribution in [1.82, 2.24) is 0 Å². The molecule has 1 heterocycles. The highest BCUT2D eigenvalue weighted by atomic mass is 32.2. The molecule has 0 aromatic heterocycles. The molecular weight excluding hydrogens is 322 g/mol. The second-order valence-electron chi connectivity index (χ2n) is 5.52. The lowest BCUT2D eigenvalue weighted by Gasteiger charge is -2.16. The van der Waals surface area contributed by atoms with E-state index in [2.05, 4.69) is 0 Å². The van der Waals surface area contributed by atoms with E-state index in [0.29, 0.717) is 16.2 Å². The Bertz CT molecular complexity index is 869. The SMILES string of the molecule is Cc1cccc(N2C(=O)SC(=Cc3ccc(C=O)cc3)C2=O)c1C. The number of rotatable bonds is 3. The fraction of sp³-hybridized carbons (Fsp3) is 0.105. The summed E-state index contributed by atoms with van der Waals surface area (Å²) in [5.41, 5.74) is 3.90. The lowest BCUT2D eigenvalue weighted by molar-refractivity contribution is -0.113. The van der Waals surface area contributed by atoms with Crippen molar-refractivity contribution in [3.63, 3.8) is 0 Å². The first-order chi connectivity index (χ1) is 11.5. The van der Waals surface area contributed by atoms with Crippen LogP contribution in [-0.4, -0.2) is 17.4 Å². The summed E-state index contributed by atoms with van der Waals surface area (Å²) < 4.78 is 0. The number of thioether (sulfide) groups is 1. The molecule has 0 aliphatic carbocycles. The summed E-state index contributed by atoms with van der Waals surface area (Å²) in [7, 11) is 0. The van der Waals surface area contributed by atoms with Gasteiger partial charge in [0.15, 0.2) is 0 Å². The molecule has 3 rings (SSSR count). The van der Waals surface area contributed by atoms with Gasteiger partial charge in [-0.05, 0) is 54.4 Å². The first-order valence-electron chi connectivity index (χ1n) is 7.40. The van der Waals surface area contributed by atoms with Crippen molar-refractivity contribution in [2.45, 2.75) is 13.8 Å². The number of carbonyl (C=O) groups is 3. The fourth-order valence-electron chi connectivity index (χ4n) is 2.48. The van der Waals surface area contributed by atoms with Crippen LogP contribution < -0.4 is 4.90 Å². The predicted molar refractivity (Wildman–Crippen MR) is 96.2 cm³/mol. The van der Waals surface area contributed by atoms with Crippen LogP contribution >= 0.6 is 11.8 Å². The molecule has 120 valence electrons. The molecule has 0 spiro atoms. The van der Waals surface area contributed by atoms with Gasteiger partial charge in [0.05, 0.1) is 10.6 Å². The number of imide groups is 1. The average molecular weight is 337 g/mol. The topological polar surface area (TPSA) is 54.5 Å². The maximum Gasteiger partial charge on any atom is 0.298 e. The smallest absolute Gasteiger partial charge is 0.298 e. The number of carbonyl (C=O) groups excluding carboxylic acids is 3. The van der Waals surface area contributed by atoms with Crippen LogP contribution in [0.4, 0.5) is 10.5 Å². The van der Waals surface area contributed by atoms with Crippen molar-refractivity contribution in [2.75, 3.05) is 4.90 Å². The van der Waals surface area contributed by atoms with Crippen LogP contribution in [0, 0.1) is 13.8 Å². The van der Waals surface area contributed by atoms with Gasteiger partial charge < -0.3 is 0 Å². The number of anilines is 1. The van der Waals surface area contributed by atoms with Crippen LogP contribution in [0.2, 0.25) is 0 Å². The molecule has 0 unspecified atom stereocenters. The molecule has 1 aliphatic rings. The molecule has 2 aromatic rings. The average Bonchev–Trinajstić information content (AvgIpc) is 2.85. The van der Waals surface area contributed by atoms with Crippen LogP contribution in [0.1, 0.15) is 27.0 Å². The summed E-state index contributed by atoms with van der Waals surface area (Å²) in [6.45, 7) is 3.85. The molecule has 5 heteroatoms. The van der Waals surface area contributed by atoms with Crippen LogP contribution in [0.25, 0.3) is 6.08 Å². The number of hydrogen-bond acceptors (Lipinski definition) is 4. The summed E-state index contributed by atoms with van der Waals surface area (Å²) in [5.74, 6) is -0.321. The van der Waals surface area contributed by atoms with Gasteiger partial charge in [-0.15, -0.1) is 0 Å². The minimum Gasteiger partial charge on any atom is -0.298 e. The highest BCUT2D eigenvalue weighted by Crippen LogP contribution is 2.37. The summed E-state index contributed by atoms with van der Waals surface area (Å²) >= 11 is 0.925. The maximum absolute atomic E-state index is 12.7. The minimum atomic E-state index is -0.321. The monoisotopic (exact) mass is 337 g/mol. The van der Waals surface area contributed by atoms with Crippen molar-refractivity contribution in [3.05, 3.63) is 69.6 Å². The summed E-state index contributed by atoms with van der Waals surface area (Å²) in [6.07, 6.45) is 2.43. The fourth-order valence-corrected chi connectivity index (χ4v) is 3.31. The van der Waals surface area contributed by atoms with Gasteiger partial charge in [0.2, 0.25) is 0 Å². The number of aldehydes is 1. The van der Waals surface area contributed by atoms with Crippen molar-refractivity contribution < 1.29 is 14.4 Å². The van der Waals surface area contributed by atoms with Gasteiger partial charge in [0.1, 0.15) is 6.29 Å². The first kappa shape index (κ1) is 16.2. The standard InChI is InChI=1S/C19H15NO3S/c1-12-4-3-5-16(13(12)2)20-18(22)17(24-19(20)23)10-14-6-8-15(11-21)9-7-14/h3-11H,1-2H3. The predicted octanol–water partition coefficient (Wildman–Crippen LogP) is 4.36. The molecule has 1 saturated heterocycles. The quantitative estimate of drug-likeness (QED) is 0.617. The van der Waals surface area contributed by atoms with Crippen LogP contribution in [0.5, 0.6) is 0 Å². The highest BCUT2D eigenvalue weighted by molar-refractivity contribution is 8.19. The van der Waals surface area contributed by atoms with Gasteiger partial charge in [0.25, 0.3) is 11.1 Å². The molecule has 2 amide bonds. The third-order valence-electron chi connectivity index (χ3n) is 3.98. The Morgan fingerprint density at radius 1 is 0.958 bits per heavy atom. The van der Waals surface area contributed by atoms with Gasteiger partial charge in [-0.1, -0.05) is 36.4 Å². The Balaban J connectivity index is 1.95. The van der Waals surface area contributed by atoms with E-state index in [9.17, 15) is 14.4 Å². The molecule has 0 saturated carbocycles. The molecule has 1 fully saturated rings. The van der Waals surface area contributed by atoms with Gasteiger partial charge in [-0.2, -0.15) is 0 Å². The van der Waals surface area contributed by atoms with Crippen molar-refractivity contribution >= 4 is 41.0 Å². The first-order valence-corrected chi connectivity index (χ1v) is 8.22. The van der Waals surface area contributed by atoms with E-state index in [0.717, 1.165) is 34.7 Å². The van der Waals surface area contributed by atoms with Crippen molar-refractivity contribution in [3.8, 4) is 0 Å². The van der Waals surface area contributed by atoms with E-state index in [1.165, 1.54) is 4.90 Å². The Kier molecular flexibility index (Phi) is 4.36. The van der Waals surface area contributed by atoms with Crippen LogP contribution in [0.15, 0.2) is 47.4 Å². The third-order valence-corrected chi connectivity index (χ3v) is 4.85. The summed E-state index contributed by atoms with van der Waals surface area (Å²) in [6, 6.07) is 12.4. The van der Waals surface area contributed by atoms with Crippen molar-refractivity contribution in [2.24, 2.45) is 0 Å². The third kappa shape index (κ3) is 2.90. The van der Waals surface area contributed by atoms with Crippen LogP contribution in [0.3, 0.4) is 0 Å².